The number of nitrogens with zero attached hydrogens (tertiary/aromatic N) is 5. The van der Waals surface area contributed by atoms with E-state index in [1.807, 2.05) is 53.8 Å². The summed E-state index contributed by atoms with van der Waals surface area (Å²) in [5.74, 6) is 1.60. The second-order valence-corrected chi connectivity index (χ2v) is 7.54. The summed E-state index contributed by atoms with van der Waals surface area (Å²) in [6.07, 6.45) is 6.27. The zero-order valence-corrected chi connectivity index (χ0v) is 15.9. The van der Waals surface area contributed by atoms with Gasteiger partial charge in [0.25, 0.3) is 5.91 Å². The maximum atomic E-state index is 13.3. The van der Waals surface area contributed by atoms with Gasteiger partial charge in [-0.15, -0.1) is 0 Å². The number of likely N-dealkylation sites (tertiary alicyclic amines) is 1. The molecule has 1 aliphatic carbocycles. The minimum absolute atomic E-state index is 0.108. The summed E-state index contributed by atoms with van der Waals surface area (Å²) in [6, 6.07) is 6.28. The molecule has 0 N–H and O–H groups in total. The Balaban J connectivity index is 1.62. The van der Waals surface area contributed by atoms with Crippen molar-refractivity contribution in [1.29, 1.82) is 0 Å². The topological polar surface area (TPSA) is 54.3 Å². The Kier molecular flexibility index (Phi) is 4.42. The molecule has 2 aromatic rings. The first kappa shape index (κ1) is 17.1. The van der Waals surface area contributed by atoms with Crippen LogP contribution in [-0.4, -0.2) is 46.2 Å². The molecule has 0 bridgehead atoms. The third-order valence-electron chi connectivity index (χ3n) is 5.44. The summed E-state index contributed by atoms with van der Waals surface area (Å²) in [4.78, 5) is 21.7. The summed E-state index contributed by atoms with van der Waals surface area (Å²) < 4.78 is 1.88. The average Bonchev–Trinajstić information content (AvgIpc) is 3.22. The molecule has 2 aromatic heterocycles. The molecule has 1 atom stereocenters. The number of aryl methyl sites for hydroxylation is 1. The van der Waals surface area contributed by atoms with Gasteiger partial charge in [-0.2, -0.15) is 5.10 Å². The van der Waals surface area contributed by atoms with Crippen LogP contribution >= 0.6 is 0 Å². The molecule has 6 nitrogen and oxygen atoms in total. The van der Waals surface area contributed by atoms with E-state index in [-0.39, 0.29) is 11.9 Å². The molecule has 6 heteroatoms. The predicted octanol–water partition coefficient (Wildman–Crippen LogP) is 3.22. The average molecular weight is 353 g/mol. The van der Waals surface area contributed by atoms with Gasteiger partial charge in [0.05, 0.1) is 11.7 Å². The van der Waals surface area contributed by atoms with Crippen LogP contribution in [0.4, 0.5) is 5.82 Å². The van der Waals surface area contributed by atoms with E-state index in [9.17, 15) is 4.79 Å². The third-order valence-corrected chi connectivity index (χ3v) is 5.44. The lowest BCUT2D eigenvalue weighted by Gasteiger charge is -2.26. The summed E-state index contributed by atoms with van der Waals surface area (Å²) in [6.45, 7) is 3.58. The number of hydrogen-bond acceptors (Lipinski definition) is 4. The molecule has 1 saturated carbocycles. The molecular weight excluding hydrogens is 326 g/mol. The van der Waals surface area contributed by atoms with Gasteiger partial charge in [0, 0.05) is 39.3 Å². The maximum Gasteiger partial charge on any atom is 0.272 e. The molecular formula is C20H27N5O. The molecule has 0 aromatic carbocycles. The summed E-state index contributed by atoms with van der Waals surface area (Å²) in [5, 5.41) is 4.67. The summed E-state index contributed by atoms with van der Waals surface area (Å²) in [5.41, 5.74) is 2.99. The molecule has 26 heavy (non-hydrogen) atoms. The summed E-state index contributed by atoms with van der Waals surface area (Å²) in [7, 11) is 3.98. The van der Waals surface area contributed by atoms with Crippen LogP contribution in [0.25, 0.3) is 0 Å². The second kappa shape index (κ2) is 6.74. The van der Waals surface area contributed by atoms with Crippen LogP contribution in [0.3, 0.4) is 0 Å². The lowest BCUT2D eigenvalue weighted by molar-refractivity contribution is 0.0723. The van der Waals surface area contributed by atoms with Crippen LogP contribution in [0, 0.1) is 0 Å². The van der Waals surface area contributed by atoms with Gasteiger partial charge in [-0.05, 0) is 56.4 Å². The number of pyridine rings is 1. The molecule has 4 rings (SSSR count). The fraction of sp³-hybridized carbons (Fsp3) is 0.550. The van der Waals surface area contributed by atoms with Crippen LogP contribution in [0.2, 0.25) is 0 Å². The van der Waals surface area contributed by atoms with Crippen molar-refractivity contribution in [3.8, 4) is 0 Å². The van der Waals surface area contributed by atoms with E-state index in [4.69, 9.17) is 0 Å². The van der Waals surface area contributed by atoms with Crippen molar-refractivity contribution < 1.29 is 4.79 Å². The van der Waals surface area contributed by atoms with Crippen LogP contribution in [0.5, 0.6) is 0 Å². The van der Waals surface area contributed by atoms with Crippen molar-refractivity contribution in [2.24, 2.45) is 0 Å². The predicted molar refractivity (Wildman–Crippen MR) is 101 cm³/mol. The minimum Gasteiger partial charge on any atom is -0.363 e. The highest BCUT2D eigenvalue weighted by atomic mass is 16.2. The number of aromatic nitrogens is 3. The summed E-state index contributed by atoms with van der Waals surface area (Å²) >= 11 is 0. The van der Waals surface area contributed by atoms with E-state index in [1.165, 1.54) is 18.4 Å². The molecule has 0 unspecified atom stereocenters. The highest BCUT2D eigenvalue weighted by Crippen LogP contribution is 2.40. The maximum absolute atomic E-state index is 13.3. The Morgan fingerprint density at radius 2 is 2.08 bits per heavy atom. The van der Waals surface area contributed by atoms with Crippen molar-refractivity contribution >= 4 is 11.7 Å². The lowest BCUT2D eigenvalue weighted by atomic mass is 10.1. The van der Waals surface area contributed by atoms with Crippen LogP contribution in [0.15, 0.2) is 24.4 Å². The molecule has 1 aliphatic heterocycles. The van der Waals surface area contributed by atoms with E-state index < -0.39 is 0 Å². The highest BCUT2D eigenvalue weighted by molar-refractivity contribution is 5.93. The number of hydrogen-bond donors (Lipinski definition) is 0. The number of carbonyl (C=O) groups is 1. The largest absolute Gasteiger partial charge is 0.363 e. The van der Waals surface area contributed by atoms with Gasteiger partial charge in [0.2, 0.25) is 0 Å². The van der Waals surface area contributed by atoms with Gasteiger partial charge in [0.1, 0.15) is 11.5 Å². The Morgan fingerprint density at radius 1 is 1.27 bits per heavy atom. The quantitative estimate of drug-likeness (QED) is 0.828. The van der Waals surface area contributed by atoms with Gasteiger partial charge < -0.3 is 9.80 Å². The van der Waals surface area contributed by atoms with Gasteiger partial charge in [-0.1, -0.05) is 0 Å². The monoisotopic (exact) mass is 353 g/mol. The SMILES string of the molecule is CCn1nc(C2CC2)cc1C(=O)N1CCC[C@@H]1c1ccnc(N(C)C)c1. The van der Waals surface area contributed by atoms with E-state index >= 15 is 0 Å². The zero-order chi connectivity index (χ0) is 18.3. The first-order valence-electron chi connectivity index (χ1n) is 9.60. The van der Waals surface area contributed by atoms with E-state index in [1.54, 1.807) is 0 Å². The number of amides is 1. The Hall–Kier alpha value is -2.37. The molecule has 2 fully saturated rings. The van der Waals surface area contributed by atoms with Gasteiger partial charge in [0.15, 0.2) is 0 Å². The standard InChI is InChI=1S/C20H27N5O/c1-4-25-18(13-16(22-25)14-7-8-14)20(26)24-11-5-6-17(24)15-9-10-21-19(12-15)23(2)3/h9-10,12-14,17H,4-8,11H2,1-3H3/t17-/m1/s1. The Labute approximate surface area is 154 Å². The minimum atomic E-state index is 0.108. The van der Waals surface area contributed by atoms with Gasteiger partial charge >= 0.3 is 0 Å². The van der Waals surface area contributed by atoms with Crippen LogP contribution in [0.1, 0.15) is 66.3 Å². The fourth-order valence-electron chi connectivity index (χ4n) is 3.82. The van der Waals surface area contributed by atoms with Crippen molar-refractivity contribution in [1.82, 2.24) is 19.7 Å². The number of carbonyl (C=O) groups excluding carboxylic acids is 1. The Bertz CT molecular complexity index is 808. The van der Waals surface area contributed by atoms with Crippen molar-refractivity contribution in [3.63, 3.8) is 0 Å². The van der Waals surface area contributed by atoms with E-state index in [0.29, 0.717) is 5.92 Å². The molecule has 138 valence electrons. The van der Waals surface area contributed by atoms with E-state index in [2.05, 4.69) is 16.1 Å². The smallest absolute Gasteiger partial charge is 0.272 e. The van der Waals surface area contributed by atoms with Gasteiger partial charge in [-0.3, -0.25) is 9.48 Å². The zero-order valence-electron chi connectivity index (χ0n) is 15.9. The normalized spacial score (nSPS) is 19.8. The van der Waals surface area contributed by atoms with Crippen molar-refractivity contribution in [2.75, 3.05) is 25.5 Å². The van der Waals surface area contributed by atoms with E-state index in [0.717, 1.165) is 43.1 Å². The molecule has 2 aliphatic rings. The van der Waals surface area contributed by atoms with Crippen LogP contribution in [-0.2, 0) is 6.54 Å². The number of anilines is 1. The first-order valence-corrected chi connectivity index (χ1v) is 9.60. The number of rotatable bonds is 5. The Morgan fingerprint density at radius 3 is 2.77 bits per heavy atom. The van der Waals surface area contributed by atoms with Crippen molar-refractivity contribution in [3.05, 3.63) is 41.3 Å². The molecule has 0 radical (unpaired) electrons. The van der Waals surface area contributed by atoms with Gasteiger partial charge in [-0.25, -0.2) is 4.98 Å². The second-order valence-electron chi connectivity index (χ2n) is 7.54. The van der Waals surface area contributed by atoms with Crippen LogP contribution < -0.4 is 4.90 Å². The first-order chi connectivity index (χ1) is 12.6. The highest BCUT2D eigenvalue weighted by Gasteiger charge is 2.34. The molecule has 1 saturated heterocycles. The lowest BCUT2D eigenvalue weighted by Crippen LogP contribution is -2.32. The van der Waals surface area contributed by atoms with Crippen molar-refractivity contribution in [2.45, 2.75) is 51.1 Å². The third kappa shape index (κ3) is 3.08. The molecule has 3 heterocycles. The molecule has 0 spiro atoms. The molecule has 1 amide bonds. The fourth-order valence-corrected chi connectivity index (χ4v) is 3.82.